The maximum Gasteiger partial charge on any atom is 0.248 e. The summed E-state index contributed by atoms with van der Waals surface area (Å²) in [5.74, 6) is -0.732. The fourth-order valence-electron chi connectivity index (χ4n) is 3.46. The third kappa shape index (κ3) is 5.52. The summed E-state index contributed by atoms with van der Waals surface area (Å²) in [6, 6.07) is 12.5. The highest BCUT2D eigenvalue weighted by molar-refractivity contribution is 9.10. The van der Waals surface area contributed by atoms with E-state index in [-0.39, 0.29) is 16.1 Å². The van der Waals surface area contributed by atoms with Crippen molar-refractivity contribution in [3.63, 3.8) is 0 Å². The molecule has 10 heteroatoms. The summed E-state index contributed by atoms with van der Waals surface area (Å²) >= 11 is 3.08. The van der Waals surface area contributed by atoms with Gasteiger partial charge in [-0.2, -0.15) is 10.2 Å². The van der Waals surface area contributed by atoms with E-state index in [1.807, 2.05) is 0 Å². The van der Waals surface area contributed by atoms with Crippen LogP contribution >= 0.6 is 15.9 Å². The second-order valence-electron chi connectivity index (χ2n) is 7.60. The van der Waals surface area contributed by atoms with Crippen molar-refractivity contribution in [3.05, 3.63) is 76.3 Å². The second-order valence-corrected chi connectivity index (χ2v) is 8.46. The standard InChI is InChI=1S/C22H25BrFN7O/c23-20-11-19(5-6-21(20)24)31(32)22(25)30-15-18(13-28-30)27-12-16-1-3-17(4-2-16)14-29-9-7-26-8-10-29/h1-6,11,13,15,25-27,32H,7-10,12,14H2. The first-order valence-electron chi connectivity index (χ1n) is 10.3. The lowest BCUT2D eigenvalue weighted by molar-refractivity contribution is 0.233. The lowest BCUT2D eigenvalue weighted by Crippen LogP contribution is -2.42. The molecule has 32 heavy (non-hydrogen) atoms. The predicted octanol–water partition coefficient (Wildman–Crippen LogP) is 3.48. The van der Waals surface area contributed by atoms with Crippen LogP contribution in [-0.4, -0.2) is 52.0 Å². The first-order valence-corrected chi connectivity index (χ1v) is 11.1. The van der Waals surface area contributed by atoms with Gasteiger partial charge in [0.05, 0.1) is 28.2 Å². The zero-order valence-corrected chi connectivity index (χ0v) is 19.0. The van der Waals surface area contributed by atoms with Crippen LogP contribution in [0.5, 0.6) is 0 Å². The van der Waals surface area contributed by atoms with Crippen LogP contribution in [-0.2, 0) is 13.1 Å². The molecule has 1 saturated heterocycles. The molecule has 0 spiro atoms. The molecule has 168 valence electrons. The van der Waals surface area contributed by atoms with Crippen molar-refractivity contribution in [1.82, 2.24) is 20.0 Å². The molecule has 1 aromatic heterocycles. The van der Waals surface area contributed by atoms with E-state index in [0.29, 0.717) is 17.3 Å². The molecule has 1 aliphatic rings. The summed E-state index contributed by atoms with van der Waals surface area (Å²) in [5.41, 5.74) is 3.40. The number of nitrogens with one attached hydrogen (secondary N) is 3. The lowest BCUT2D eigenvalue weighted by Gasteiger charge is -2.27. The highest BCUT2D eigenvalue weighted by Crippen LogP contribution is 2.22. The Morgan fingerprint density at radius 1 is 1.19 bits per heavy atom. The van der Waals surface area contributed by atoms with E-state index in [0.717, 1.165) is 38.3 Å². The molecule has 8 nitrogen and oxygen atoms in total. The van der Waals surface area contributed by atoms with E-state index < -0.39 is 5.82 Å². The van der Waals surface area contributed by atoms with Crippen LogP contribution < -0.4 is 15.7 Å². The van der Waals surface area contributed by atoms with Gasteiger partial charge in [-0.15, -0.1) is 0 Å². The molecule has 0 amide bonds. The van der Waals surface area contributed by atoms with Gasteiger partial charge in [-0.3, -0.25) is 15.5 Å². The van der Waals surface area contributed by atoms with Crippen LogP contribution in [0.15, 0.2) is 59.3 Å². The van der Waals surface area contributed by atoms with Gasteiger partial charge in [-0.25, -0.2) is 9.07 Å². The molecule has 3 aromatic rings. The summed E-state index contributed by atoms with van der Waals surface area (Å²) < 4.78 is 14.8. The first-order chi connectivity index (χ1) is 15.5. The van der Waals surface area contributed by atoms with Crippen LogP contribution in [0, 0.1) is 11.2 Å². The summed E-state index contributed by atoms with van der Waals surface area (Å²) in [6.45, 7) is 5.82. The minimum absolute atomic E-state index is 0.198. The van der Waals surface area contributed by atoms with Gasteiger partial charge in [-0.1, -0.05) is 24.3 Å². The fourth-order valence-corrected chi connectivity index (χ4v) is 3.83. The Labute approximate surface area is 194 Å². The highest BCUT2D eigenvalue weighted by atomic mass is 79.9. The maximum absolute atomic E-state index is 13.4. The van der Waals surface area contributed by atoms with Crippen LogP contribution in [0.2, 0.25) is 0 Å². The number of piperazine rings is 1. The van der Waals surface area contributed by atoms with Crippen LogP contribution in [0.3, 0.4) is 0 Å². The molecule has 0 radical (unpaired) electrons. The lowest BCUT2D eigenvalue weighted by atomic mass is 10.1. The van der Waals surface area contributed by atoms with Crippen molar-refractivity contribution in [1.29, 1.82) is 5.41 Å². The van der Waals surface area contributed by atoms with Gasteiger partial charge in [0, 0.05) is 39.3 Å². The molecule has 0 aliphatic carbocycles. The molecule has 0 bridgehead atoms. The van der Waals surface area contributed by atoms with Gasteiger partial charge in [0.1, 0.15) is 5.82 Å². The van der Waals surface area contributed by atoms with E-state index in [2.05, 4.69) is 60.8 Å². The molecule has 4 N–H and O–H groups in total. The zero-order valence-electron chi connectivity index (χ0n) is 17.4. The first kappa shape index (κ1) is 22.4. The number of hydroxylamine groups is 1. The number of halogens is 2. The van der Waals surface area contributed by atoms with Crippen LogP contribution in [0.1, 0.15) is 11.1 Å². The zero-order chi connectivity index (χ0) is 22.5. The minimum Gasteiger partial charge on any atom is -0.378 e. The largest absolute Gasteiger partial charge is 0.378 e. The molecular formula is C22H25BrFN7O. The minimum atomic E-state index is -0.448. The third-order valence-corrected chi connectivity index (χ3v) is 5.89. The Kier molecular flexibility index (Phi) is 7.15. The van der Waals surface area contributed by atoms with E-state index in [1.165, 1.54) is 28.4 Å². The number of benzene rings is 2. The van der Waals surface area contributed by atoms with Crippen molar-refractivity contribution >= 4 is 33.3 Å². The number of aromatic nitrogens is 2. The topological polar surface area (TPSA) is 92.4 Å². The summed E-state index contributed by atoms with van der Waals surface area (Å²) in [4.78, 5) is 2.45. The molecule has 2 aromatic carbocycles. The Morgan fingerprint density at radius 3 is 2.62 bits per heavy atom. The van der Waals surface area contributed by atoms with Crippen molar-refractivity contribution in [3.8, 4) is 0 Å². The Morgan fingerprint density at radius 2 is 1.91 bits per heavy atom. The Balaban J connectivity index is 1.31. The van der Waals surface area contributed by atoms with Gasteiger partial charge in [-0.05, 0) is 45.3 Å². The summed E-state index contributed by atoms with van der Waals surface area (Å²) in [5, 5.41) is 29.9. The summed E-state index contributed by atoms with van der Waals surface area (Å²) in [7, 11) is 0. The van der Waals surface area contributed by atoms with Gasteiger partial charge < -0.3 is 10.6 Å². The highest BCUT2D eigenvalue weighted by Gasteiger charge is 2.15. The third-order valence-electron chi connectivity index (χ3n) is 5.28. The smallest absolute Gasteiger partial charge is 0.248 e. The molecule has 0 saturated carbocycles. The maximum atomic E-state index is 13.4. The van der Waals surface area contributed by atoms with Crippen molar-refractivity contribution in [2.45, 2.75) is 13.1 Å². The van der Waals surface area contributed by atoms with E-state index in [9.17, 15) is 9.60 Å². The van der Waals surface area contributed by atoms with E-state index in [4.69, 9.17) is 5.41 Å². The number of rotatable bonds is 6. The van der Waals surface area contributed by atoms with E-state index in [1.54, 1.807) is 12.4 Å². The molecular weight excluding hydrogens is 477 g/mol. The molecule has 4 rings (SSSR count). The average molecular weight is 502 g/mol. The quantitative estimate of drug-likeness (QED) is 0.235. The van der Waals surface area contributed by atoms with Crippen LogP contribution in [0.4, 0.5) is 15.8 Å². The molecule has 0 atom stereocenters. The van der Waals surface area contributed by atoms with Gasteiger partial charge in [0.25, 0.3) is 0 Å². The molecule has 1 aliphatic heterocycles. The van der Waals surface area contributed by atoms with Gasteiger partial charge in [0.2, 0.25) is 5.96 Å². The molecule has 1 fully saturated rings. The molecule has 2 heterocycles. The SMILES string of the molecule is N=C(N(O)c1ccc(F)c(Br)c1)n1cc(NCc2ccc(CN3CCNCC3)cc2)cn1. The van der Waals surface area contributed by atoms with Crippen molar-refractivity contribution < 1.29 is 9.60 Å². The van der Waals surface area contributed by atoms with Crippen molar-refractivity contribution in [2.24, 2.45) is 0 Å². The van der Waals surface area contributed by atoms with Gasteiger partial charge >= 0.3 is 0 Å². The monoisotopic (exact) mass is 501 g/mol. The predicted molar refractivity (Wildman–Crippen MR) is 126 cm³/mol. The average Bonchev–Trinajstić information content (AvgIpc) is 3.29. The normalized spacial score (nSPS) is 14.3. The summed E-state index contributed by atoms with van der Waals surface area (Å²) in [6.07, 6.45) is 3.20. The number of anilines is 2. The second kappa shape index (κ2) is 10.2. The van der Waals surface area contributed by atoms with Gasteiger partial charge in [0.15, 0.2) is 0 Å². The number of hydrogen-bond donors (Lipinski definition) is 4. The number of nitrogens with zero attached hydrogens (tertiary/aromatic N) is 4. The Bertz CT molecular complexity index is 1070. The molecule has 0 unspecified atom stereocenters. The van der Waals surface area contributed by atoms with Crippen molar-refractivity contribution in [2.75, 3.05) is 36.6 Å². The number of hydrogen-bond acceptors (Lipinski definition) is 6. The fraction of sp³-hybridized carbons (Fsp3) is 0.273. The van der Waals surface area contributed by atoms with E-state index >= 15 is 0 Å². The Hall–Kier alpha value is -2.79. The van der Waals surface area contributed by atoms with Crippen LogP contribution in [0.25, 0.3) is 0 Å².